The number of aromatic nitrogens is 2. The monoisotopic (exact) mass is 429 g/mol. The number of halogens is 4. The van der Waals surface area contributed by atoms with E-state index < -0.39 is 26.7 Å². The van der Waals surface area contributed by atoms with Gasteiger partial charge in [-0.2, -0.15) is 18.3 Å². The third kappa shape index (κ3) is 4.92. The SMILES string of the molecule is O=S(=O)(NCc1ccc(Cn2cccn2)cc1)c1ccc(Cl)cc1C(F)(F)F. The number of hydrogen-bond donors (Lipinski definition) is 1. The quantitative estimate of drug-likeness (QED) is 0.642. The van der Waals surface area contributed by atoms with Crippen molar-refractivity contribution in [2.45, 2.75) is 24.2 Å². The van der Waals surface area contributed by atoms with Gasteiger partial charge in [0.2, 0.25) is 10.0 Å². The molecule has 0 bridgehead atoms. The first-order valence-corrected chi connectivity index (χ1v) is 9.93. The van der Waals surface area contributed by atoms with Gasteiger partial charge in [0.25, 0.3) is 0 Å². The Kier molecular flexibility index (Phi) is 5.78. The molecule has 0 aliphatic heterocycles. The number of nitrogens with zero attached hydrogens (tertiary/aromatic N) is 2. The Labute approximate surface area is 164 Å². The highest BCUT2D eigenvalue weighted by Gasteiger charge is 2.37. The van der Waals surface area contributed by atoms with Crippen LogP contribution in [0.4, 0.5) is 13.2 Å². The maximum absolute atomic E-state index is 13.2. The summed E-state index contributed by atoms with van der Waals surface area (Å²) in [6.07, 6.45) is -1.37. The first-order chi connectivity index (χ1) is 13.1. The Morgan fingerprint density at radius 1 is 1.07 bits per heavy atom. The van der Waals surface area contributed by atoms with E-state index in [1.54, 1.807) is 41.2 Å². The molecule has 10 heteroatoms. The van der Waals surface area contributed by atoms with Crippen LogP contribution in [-0.4, -0.2) is 18.2 Å². The van der Waals surface area contributed by atoms with Crippen LogP contribution in [0.1, 0.15) is 16.7 Å². The number of alkyl halides is 3. The minimum absolute atomic E-state index is 0.149. The van der Waals surface area contributed by atoms with Gasteiger partial charge in [-0.25, -0.2) is 13.1 Å². The predicted molar refractivity (Wildman–Crippen MR) is 98.3 cm³/mol. The van der Waals surface area contributed by atoms with Crippen LogP contribution < -0.4 is 4.72 Å². The molecule has 1 heterocycles. The molecule has 3 aromatic rings. The average Bonchev–Trinajstić information content (AvgIpc) is 3.13. The van der Waals surface area contributed by atoms with E-state index in [0.717, 1.165) is 17.7 Å². The van der Waals surface area contributed by atoms with Gasteiger partial charge in [0.15, 0.2) is 0 Å². The fourth-order valence-electron chi connectivity index (χ4n) is 2.56. The Hall–Kier alpha value is -2.36. The molecule has 28 heavy (non-hydrogen) atoms. The van der Waals surface area contributed by atoms with Gasteiger partial charge < -0.3 is 0 Å². The van der Waals surface area contributed by atoms with Crippen molar-refractivity contribution in [3.8, 4) is 0 Å². The van der Waals surface area contributed by atoms with Gasteiger partial charge in [-0.3, -0.25) is 4.68 Å². The van der Waals surface area contributed by atoms with Gasteiger partial charge in [-0.05, 0) is 35.4 Å². The van der Waals surface area contributed by atoms with Crippen molar-refractivity contribution in [2.75, 3.05) is 0 Å². The second-order valence-electron chi connectivity index (χ2n) is 5.98. The van der Waals surface area contributed by atoms with Crippen LogP contribution in [0.25, 0.3) is 0 Å². The van der Waals surface area contributed by atoms with Crippen LogP contribution >= 0.6 is 11.6 Å². The maximum atomic E-state index is 13.2. The highest BCUT2D eigenvalue weighted by molar-refractivity contribution is 7.89. The summed E-state index contributed by atoms with van der Waals surface area (Å²) in [6.45, 7) is 0.406. The van der Waals surface area contributed by atoms with Crippen molar-refractivity contribution in [1.82, 2.24) is 14.5 Å². The summed E-state index contributed by atoms with van der Waals surface area (Å²) in [6, 6.07) is 11.4. The number of benzene rings is 2. The highest BCUT2D eigenvalue weighted by Crippen LogP contribution is 2.35. The maximum Gasteiger partial charge on any atom is 0.417 e. The van der Waals surface area contributed by atoms with Crippen LogP contribution in [0.5, 0.6) is 0 Å². The van der Waals surface area contributed by atoms with Gasteiger partial charge in [0.05, 0.1) is 17.0 Å². The van der Waals surface area contributed by atoms with Gasteiger partial charge in [0, 0.05) is 24.0 Å². The fraction of sp³-hybridized carbons (Fsp3) is 0.167. The van der Waals surface area contributed by atoms with E-state index in [4.69, 9.17) is 11.6 Å². The van der Waals surface area contributed by atoms with Crippen molar-refractivity contribution >= 4 is 21.6 Å². The summed E-state index contributed by atoms with van der Waals surface area (Å²) in [5.74, 6) is 0. The molecule has 0 saturated carbocycles. The van der Waals surface area contributed by atoms with E-state index in [2.05, 4.69) is 9.82 Å². The predicted octanol–water partition coefficient (Wildman–Crippen LogP) is 4.08. The normalized spacial score (nSPS) is 12.3. The minimum atomic E-state index is -4.84. The van der Waals surface area contributed by atoms with E-state index in [-0.39, 0.29) is 11.6 Å². The lowest BCUT2D eigenvalue weighted by molar-refractivity contribution is -0.139. The van der Waals surface area contributed by atoms with E-state index >= 15 is 0 Å². The van der Waals surface area contributed by atoms with Crippen molar-refractivity contribution < 1.29 is 21.6 Å². The highest BCUT2D eigenvalue weighted by atomic mass is 35.5. The lowest BCUT2D eigenvalue weighted by Gasteiger charge is -2.14. The molecule has 0 amide bonds. The molecular weight excluding hydrogens is 415 g/mol. The minimum Gasteiger partial charge on any atom is -0.268 e. The summed E-state index contributed by atoms with van der Waals surface area (Å²) in [5.41, 5.74) is 0.254. The molecule has 1 aromatic heterocycles. The summed E-state index contributed by atoms with van der Waals surface area (Å²) >= 11 is 5.59. The molecule has 0 fully saturated rings. The number of sulfonamides is 1. The third-order valence-electron chi connectivity index (χ3n) is 3.93. The van der Waals surface area contributed by atoms with Gasteiger partial charge in [-0.1, -0.05) is 35.9 Å². The van der Waals surface area contributed by atoms with E-state index in [1.165, 1.54) is 0 Å². The molecular formula is C18H15ClF3N3O2S. The zero-order valence-electron chi connectivity index (χ0n) is 14.3. The standard InChI is InChI=1S/C18H15ClF3N3O2S/c19-15-6-7-17(16(10-15)18(20,21)22)28(26,27)24-11-13-2-4-14(5-3-13)12-25-9-1-8-23-25/h1-10,24H,11-12H2. The molecule has 0 spiro atoms. The molecule has 0 atom stereocenters. The molecule has 148 valence electrons. The zero-order valence-corrected chi connectivity index (χ0v) is 15.9. The molecule has 0 aliphatic carbocycles. The van der Waals surface area contributed by atoms with Crippen molar-refractivity contribution in [3.05, 3.63) is 82.6 Å². The summed E-state index contributed by atoms with van der Waals surface area (Å²) in [7, 11) is -4.38. The largest absolute Gasteiger partial charge is 0.417 e. The lowest BCUT2D eigenvalue weighted by Crippen LogP contribution is -2.26. The number of rotatable bonds is 6. The molecule has 0 radical (unpaired) electrons. The topological polar surface area (TPSA) is 64.0 Å². The summed E-state index contributed by atoms with van der Waals surface area (Å²) in [5, 5.41) is 3.90. The van der Waals surface area contributed by atoms with Gasteiger partial charge in [-0.15, -0.1) is 0 Å². The van der Waals surface area contributed by atoms with Crippen molar-refractivity contribution in [3.63, 3.8) is 0 Å². The molecule has 2 aromatic carbocycles. The van der Waals surface area contributed by atoms with Crippen LogP contribution in [-0.2, 0) is 29.3 Å². The molecule has 5 nitrogen and oxygen atoms in total. The smallest absolute Gasteiger partial charge is 0.268 e. The molecule has 1 N–H and O–H groups in total. The number of hydrogen-bond acceptors (Lipinski definition) is 3. The fourth-order valence-corrected chi connectivity index (χ4v) is 3.95. The Morgan fingerprint density at radius 3 is 2.36 bits per heavy atom. The summed E-state index contributed by atoms with van der Waals surface area (Å²) < 4.78 is 68.2. The third-order valence-corrected chi connectivity index (χ3v) is 5.62. The molecule has 0 unspecified atom stereocenters. The van der Waals surface area contributed by atoms with Crippen molar-refractivity contribution in [2.24, 2.45) is 0 Å². The Bertz CT molecular complexity index is 1050. The van der Waals surface area contributed by atoms with Crippen LogP contribution in [0.2, 0.25) is 5.02 Å². The van der Waals surface area contributed by atoms with Gasteiger partial charge >= 0.3 is 6.18 Å². The zero-order chi connectivity index (χ0) is 20.4. The van der Waals surface area contributed by atoms with E-state index in [9.17, 15) is 21.6 Å². The first kappa shape index (κ1) is 20.4. The Balaban J connectivity index is 1.73. The second-order valence-corrected chi connectivity index (χ2v) is 8.15. The number of nitrogens with one attached hydrogen (secondary N) is 1. The van der Waals surface area contributed by atoms with Crippen LogP contribution in [0.3, 0.4) is 0 Å². The summed E-state index contributed by atoms with van der Waals surface area (Å²) in [4.78, 5) is -0.861. The first-order valence-electron chi connectivity index (χ1n) is 8.07. The van der Waals surface area contributed by atoms with Gasteiger partial charge in [0.1, 0.15) is 0 Å². The lowest BCUT2D eigenvalue weighted by atomic mass is 10.1. The van der Waals surface area contributed by atoms with Crippen LogP contribution in [0.15, 0.2) is 65.8 Å². The van der Waals surface area contributed by atoms with Crippen LogP contribution in [0, 0.1) is 0 Å². The van der Waals surface area contributed by atoms with Crippen molar-refractivity contribution in [1.29, 1.82) is 0 Å². The second kappa shape index (κ2) is 7.94. The molecule has 0 aliphatic rings. The average molecular weight is 430 g/mol. The molecule has 0 saturated heterocycles. The van der Waals surface area contributed by atoms with E-state index in [0.29, 0.717) is 18.2 Å². The Morgan fingerprint density at radius 2 is 1.75 bits per heavy atom. The van der Waals surface area contributed by atoms with E-state index in [1.807, 2.05) is 6.20 Å². The molecule has 3 rings (SSSR count).